The molecule has 2 nitrogen and oxygen atoms in total. The summed E-state index contributed by atoms with van der Waals surface area (Å²) in [6.07, 6.45) is 0.970. The highest BCUT2D eigenvalue weighted by atomic mass is 35.5. The Morgan fingerprint density at radius 3 is 2.38 bits per heavy atom. The molecule has 1 aromatic rings. The largest absolute Gasteiger partial charge is 0.493 e. The monoisotopic (exact) mass is 242 g/mol. The van der Waals surface area contributed by atoms with Crippen LogP contribution in [0.1, 0.15) is 26.3 Å². The van der Waals surface area contributed by atoms with Crippen LogP contribution in [0.5, 0.6) is 11.5 Å². The van der Waals surface area contributed by atoms with Gasteiger partial charge in [0.15, 0.2) is 11.5 Å². The van der Waals surface area contributed by atoms with Gasteiger partial charge in [0.25, 0.3) is 0 Å². The van der Waals surface area contributed by atoms with E-state index in [1.54, 1.807) is 7.11 Å². The number of benzene rings is 1. The van der Waals surface area contributed by atoms with E-state index >= 15 is 0 Å². The van der Waals surface area contributed by atoms with Crippen molar-refractivity contribution < 1.29 is 9.47 Å². The summed E-state index contributed by atoms with van der Waals surface area (Å²) in [6.45, 7) is 5.97. The highest BCUT2D eigenvalue weighted by Gasteiger charge is 2.08. The molecule has 0 fully saturated rings. The van der Waals surface area contributed by atoms with Crippen LogP contribution in [0, 0.1) is 0 Å². The Bertz CT molecular complexity index is 335. The summed E-state index contributed by atoms with van der Waals surface area (Å²) in [5, 5.41) is 0.125. The van der Waals surface area contributed by atoms with E-state index in [9.17, 15) is 0 Å². The molecule has 0 saturated heterocycles. The van der Waals surface area contributed by atoms with Crippen LogP contribution in [-0.4, -0.2) is 18.6 Å². The van der Waals surface area contributed by atoms with Crippen molar-refractivity contribution in [2.75, 3.05) is 7.11 Å². The quantitative estimate of drug-likeness (QED) is 0.734. The van der Waals surface area contributed by atoms with Gasteiger partial charge in [0.2, 0.25) is 0 Å². The second-order valence-corrected chi connectivity index (χ2v) is 4.88. The molecule has 0 N–H and O–H groups in total. The van der Waals surface area contributed by atoms with Gasteiger partial charge in [0, 0.05) is 5.38 Å². The number of methoxy groups -OCH3 is 1. The lowest BCUT2D eigenvalue weighted by molar-refractivity contribution is 0.230. The molecule has 0 heterocycles. The number of rotatable bonds is 5. The molecule has 3 heteroatoms. The second-order valence-electron chi connectivity index (χ2n) is 4.14. The molecule has 0 spiro atoms. The van der Waals surface area contributed by atoms with Gasteiger partial charge in [-0.3, -0.25) is 0 Å². The number of ether oxygens (including phenoxy) is 2. The molecule has 90 valence electrons. The Morgan fingerprint density at radius 1 is 1.19 bits per heavy atom. The predicted molar refractivity (Wildman–Crippen MR) is 67.8 cm³/mol. The molecule has 16 heavy (non-hydrogen) atoms. The molecule has 1 unspecified atom stereocenters. The van der Waals surface area contributed by atoms with Crippen molar-refractivity contribution in [1.29, 1.82) is 0 Å². The molecule has 0 aliphatic rings. The first-order valence-electron chi connectivity index (χ1n) is 5.50. The Balaban J connectivity index is 2.91. The molecule has 1 aromatic carbocycles. The molecule has 0 aliphatic carbocycles. The zero-order chi connectivity index (χ0) is 12.1. The minimum atomic E-state index is 0.125. The number of hydrogen-bond acceptors (Lipinski definition) is 2. The first-order valence-corrected chi connectivity index (χ1v) is 5.94. The van der Waals surface area contributed by atoms with Gasteiger partial charge in [-0.25, -0.2) is 0 Å². The first-order chi connectivity index (χ1) is 7.52. The first kappa shape index (κ1) is 13.2. The molecule has 0 saturated carbocycles. The van der Waals surface area contributed by atoms with Crippen molar-refractivity contribution in [3.8, 4) is 11.5 Å². The van der Waals surface area contributed by atoms with E-state index in [0.717, 1.165) is 17.9 Å². The Labute approximate surface area is 103 Å². The fourth-order valence-electron chi connectivity index (χ4n) is 1.52. The van der Waals surface area contributed by atoms with Crippen LogP contribution in [0.15, 0.2) is 18.2 Å². The van der Waals surface area contributed by atoms with Crippen LogP contribution in [0.25, 0.3) is 0 Å². The number of halogens is 1. The summed E-state index contributed by atoms with van der Waals surface area (Å²) < 4.78 is 10.9. The van der Waals surface area contributed by atoms with Gasteiger partial charge >= 0.3 is 0 Å². The van der Waals surface area contributed by atoms with E-state index < -0.39 is 0 Å². The average molecular weight is 243 g/mol. The molecule has 1 rings (SSSR count). The van der Waals surface area contributed by atoms with Gasteiger partial charge in [-0.2, -0.15) is 0 Å². The third-order valence-electron chi connectivity index (χ3n) is 2.11. The van der Waals surface area contributed by atoms with Crippen molar-refractivity contribution in [3.05, 3.63) is 23.8 Å². The fraction of sp³-hybridized carbons (Fsp3) is 0.538. The lowest BCUT2D eigenvalue weighted by atomic mass is 10.1. The van der Waals surface area contributed by atoms with Crippen LogP contribution in [0.4, 0.5) is 0 Å². The highest BCUT2D eigenvalue weighted by Crippen LogP contribution is 2.29. The van der Waals surface area contributed by atoms with Gasteiger partial charge < -0.3 is 9.47 Å². The normalized spacial score (nSPS) is 12.6. The summed E-state index contributed by atoms with van der Waals surface area (Å²) in [5.41, 5.74) is 1.17. The Hall–Kier alpha value is -0.890. The number of alkyl halides is 1. The molecule has 0 radical (unpaired) electrons. The van der Waals surface area contributed by atoms with Crippen LogP contribution in [-0.2, 0) is 6.42 Å². The molecule has 0 bridgehead atoms. The standard InChI is InChI=1S/C13H19ClO2/c1-9(2)16-13-8-11(7-10(3)14)5-6-12(13)15-4/h5-6,8-10H,7H2,1-4H3. The third kappa shape index (κ3) is 3.93. The van der Waals surface area contributed by atoms with E-state index in [1.165, 1.54) is 5.56 Å². The molecular weight excluding hydrogens is 224 g/mol. The predicted octanol–water partition coefficient (Wildman–Crippen LogP) is 3.65. The summed E-state index contributed by atoms with van der Waals surface area (Å²) in [5.74, 6) is 1.55. The van der Waals surface area contributed by atoms with E-state index in [1.807, 2.05) is 39.0 Å². The lowest BCUT2D eigenvalue weighted by Crippen LogP contribution is -2.07. The third-order valence-corrected chi connectivity index (χ3v) is 2.26. The van der Waals surface area contributed by atoms with Gasteiger partial charge in [0.1, 0.15) is 0 Å². The van der Waals surface area contributed by atoms with Crippen LogP contribution in [0.2, 0.25) is 0 Å². The second kappa shape index (κ2) is 6.00. The van der Waals surface area contributed by atoms with E-state index in [-0.39, 0.29) is 11.5 Å². The van der Waals surface area contributed by atoms with Gasteiger partial charge in [-0.15, -0.1) is 11.6 Å². The SMILES string of the molecule is COc1ccc(CC(C)Cl)cc1OC(C)C. The minimum absolute atomic E-state index is 0.125. The summed E-state index contributed by atoms with van der Waals surface area (Å²) >= 11 is 5.97. The van der Waals surface area contributed by atoms with Gasteiger partial charge in [-0.1, -0.05) is 6.07 Å². The molecule has 1 atom stereocenters. The van der Waals surface area contributed by atoms with Gasteiger partial charge in [0.05, 0.1) is 13.2 Å². The summed E-state index contributed by atoms with van der Waals surface area (Å²) in [7, 11) is 1.65. The minimum Gasteiger partial charge on any atom is -0.493 e. The van der Waals surface area contributed by atoms with Crippen molar-refractivity contribution in [2.24, 2.45) is 0 Å². The smallest absolute Gasteiger partial charge is 0.161 e. The maximum absolute atomic E-state index is 5.97. The number of hydrogen-bond donors (Lipinski definition) is 0. The van der Waals surface area contributed by atoms with Crippen LogP contribution >= 0.6 is 11.6 Å². The topological polar surface area (TPSA) is 18.5 Å². The summed E-state index contributed by atoms with van der Waals surface area (Å²) in [6, 6.07) is 5.94. The molecular formula is C13H19ClO2. The van der Waals surface area contributed by atoms with E-state index in [2.05, 4.69) is 0 Å². The summed E-state index contributed by atoms with van der Waals surface area (Å²) in [4.78, 5) is 0. The molecule has 0 amide bonds. The fourth-order valence-corrected chi connectivity index (χ4v) is 1.70. The van der Waals surface area contributed by atoms with E-state index in [4.69, 9.17) is 21.1 Å². The van der Waals surface area contributed by atoms with Crippen molar-refractivity contribution in [3.63, 3.8) is 0 Å². The van der Waals surface area contributed by atoms with Crippen LogP contribution in [0.3, 0.4) is 0 Å². The Morgan fingerprint density at radius 2 is 1.88 bits per heavy atom. The van der Waals surface area contributed by atoms with Crippen molar-refractivity contribution in [1.82, 2.24) is 0 Å². The van der Waals surface area contributed by atoms with E-state index in [0.29, 0.717) is 0 Å². The van der Waals surface area contributed by atoms with Crippen molar-refractivity contribution >= 4 is 11.6 Å². The maximum atomic E-state index is 5.97. The highest BCUT2D eigenvalue weighted by molar-refractivity contribution is 6.20. The zero-order valence-electron chi connectivity index (χ0n) is 10.3. The van der Waals surface area contributed by atoms with Crippen LogP contribution < -0.4 is 9.47 Å². The van der Waals surface area contributed by atoms with Crippen molar-refractivity contribution in [2.45, 2.75) is 38.7 Å². The molecule has 0 aliphatic heterocycles. The Kier molecular flexibility index (Phi) is 4.94. The maximum Gasteiger partial charge on any atom is 0.161 e. The zero-order valence-corrected chi connectivity index (χ0v) is 11.0. The van der Waals surface area contributed by atoms with Gasteiger partial charge in [-0.05, 0) is 44.9 Å². The lowest BCUT2D eigenvalue weighted by Gasteiger charge is -2.15. The average Bonchev–Trinajstić information content (AvgIpc) is 2.16. The molecule has 0 aromatic heterocycles.